The molecular formula is C35H45N3O6S. The topological polar surface area (TPSA) is 118 Å². The van der Waals surface area contributed by atoms with Gasteiger partial charge in [-0.3, -0.25) is 19.2 Å². The molecule has 242 valence electrons. The average Bonchev–Trinajstić information content (AvgIpc) is 3.50. The number of thiazole rings is 1. The van der Waals surface area contributed by atoms with Gasteiger partial charge in [0.05, 0.1) is 19.8 Å². The SMILES string of the molecule is COc1ccc(CC(NC(=O)C(C)CC(=O)Cc2cnc(N3CCCC3)s2)C(=O)CC(CC2=CCCC2)C(=O)C2(C)CO2)cc1. The summed E-state index contributed by atoms with van der Waals surface area (Å²) in [6, 6.07) is 6.54. The summed E-state index contributed by atoms with van der Waals surface area (Å²) in [4.78, 5) is 61.4. The van der Waals surface area contributed by atoms with Gasteiger partial charge in [0.2, 0.25) is 5.91 Å². The second-order valence-corrected chi connectivity index (χ2v) is 14.0. The summed E-state index contributed by atoms with van der Waals surface area (Å²) >= 11 is 1.54. The van der Waals surface area contributed by atoms with Crippen LogP contribution in [-0.2, 0) is 36.8 Å². The van der Waals surface area contributed by atoms with Crippen LogP contribution in [0, 0.1) is 11.8 Å². The fourth-order valence-corrected chi connectivity index (χ4v) is 7.25. The fourth-order valence-electron chi connectivity index (χ4n) is 6.26. The van der Waals surface area contributed by atoms with E-state index >= 15 is 0 Å². The van der Waals surface area contributed by atoms with Crippen molar-refractivity contribution in [1.82, 2.24) is 10.3 Å². The van der Waals surface area contributed by atoms with Crippen molar-refractivity contribution in [3.8, 4) is 5.75 Å². The largest absolute Gasteiger partial charge is 0.497 e. The van der Waals surface area contributed by atoms with Gasteiger partial charge in [-0.15, -0.1) is 11.3 Å². The van der Waals surface area contributed by atoms with E-state index in [1.807, 2.05) is 24.3 Å². The number of rotatable bonds is 17. The molecule has 3 aliphatic rings. The molecule has 2 aromatic rings. The van der Waals surface area contributed by atoms with Gasteiger partial charge in [0, 0.05) is 55.3 Å². The molecule has 2 fully saturated rings. The van der Waals surface area contributed by atoms with Crippen LogP contribution in [0.1, 0.15) is 75.7 Å². The third-order valence-electron chi connectivity index (χ3n) is 9.14. The number of hydrogen-bond donors (Lipinski definition) is 1. The molecule has 4 atom stereocenters. The highest BCUT2D eigenvalue weighted by atomic mass is 32.1. The number of methoxy groups -OCH3 is 1. The summed E-state index contributed by atoms with van der Waals surface area (Å²) in [5.41, 5.74) is 1.24. The zero-order valence-electron chi connectivity index (χ0n) is 26.6. The molecule has 1 N–H and O–H groups in total. The Morgan fingerprint density at radius 1 is 1.09 bits per heavy atom. The molecule has 2 saturated heterocycles. The first-order chi connectivity index (χ1) is 21.6. The number of nitrogens with one attached hydrogen (secondary N) is 1. The summed E-state index contributed by atoms with van der Waals surface area (Å²) in [5.74, 6) is -1.06. The Bertz CT molecular complexity index is 1410. The van der Waals surface area contributed by atoms with Crippen molar-refractivity contribution < 1.29 is 28.7 Å². The van der Waals surface area contributed by atoms with E-state index in [0.29, 0.717) is 18.8 Å². The van der Waals surface area contributed by atoms with Gasteiger partial charge >= 0.3 is 0 Å². The minimum absolute atomic E-state index is 0.0221. The first kappa shape index (κ1) is 33.0. The van der Waals surface area contributed by atoms with Crippen LogP contribution in [0.15, 0.2) is 42.1 Å². The van der Waals surface area contributed by atoms with Gasteiger partial charge in [-0.1, -0.05) is 30.7 Å². The van der Waals surface area contributed by atoms with Crippen LogP contribution in [-0.4, -0.2) is 66.7 Å². The van der Waals surface area contributed by atoms with Gasteiger partial charge in [0.1, 0.15) is 17.1 Å². The van der Waals surface area contributed by atoms with E-state index in [2.05, 4.69) is 21.3 Å². The second-order valence-electron chi connectivity index (χ2n) is 12.9. The van der Waals surface area contributed by atoms with Crippen LogP contribution in [0.4, 0.5) is 5.13 Å². The van der Waals surface area contributed by atoms with Crippen LogP contribution in [0.2, 0.25) is 0 Å². The molecule has 9 nitrogen and oxygen atoms in total. The standard InChI is InChI=1S/C35H45N3O6S/c1-23(16-27(39)20-29-21-36-34(45-29)38-14-6-7-15-38)33(42)37-30(18-25-10-12-28(43-3)13-11-25)31(40)19-26(17-24-8-4-5-9-24)32(41)35(2)22-44-35/h8,10-13,21,23,26,30H,4-7,9,14-20,22H2,1-3H3,(H,37,42). The number of benzene rings is 1. The Morgan fingerprint density at radius 3 is 2.47 bits per heavy atom. The smallest absolute Gasteiger partial charge is 0.223 e. The molecule has 5 rings (SSSR count). The van der Waals surface area contributed by atoms with Gasteiger partial charge in [0.25, 0.3) is 0 Å². The van der Waals surface area contributed by atoms with Gasteiger partial charge in [0.15, 0.2) is 16.7 Å². The van der Waals surface area contributed by atoms with E-state index in [0.717, 1.165) is 60.8 Å². The summed E-state index contributed by atoms with van der Waals surface area (Å²) in [5, 5.41) is 3.90. The maximum absolute atomic E-state index is 13.9. The van der Waals surface area contributed by atoms with Crippen LogP contribution in [0.3, 0.4) is 0 Å². The van der Waals surface area contributed by atoms with Gasteiger partial charge in [-0.25, -0.2) is 4.98 Å². The summed E-state index contributed by atoms with van der Waals surface area (Å²) in [7, 11) is 1.59. The van der Waals surface area contributed by atoms with E-state index in [-0.39, 0.29) is 48.9 Å². The Morgan fingerprint density at radius 2 is 1.82 bits per heavy atom. The van der Waals surface area contributed by atoms with Crippen molar-refractivity contribution in [3.63, 3.8) is 0 Å². The zero-order valence-corrected chi connectivity index (χ0v) is 27.5. The van der Waals surface area contributed by atoms with E-state index < -0.39 is 23.5 Å². The van der Waals surface area contributed by atoms with Crippen LogP contribution >= 0.6 is 11.3 Å². The quantitative estimate of drug-likeness (QED) is 0.190. The number of hydrogen-bond acceptors (Lipinski definition) is 9. The monoisotopic (exact) mass is 635 g/mol. The number of allylic oxidation sites excluding steroid dienone is 2. The van der Waals surface area contributed by atoms with Crippen molar-refractivity contribution in [3.05, 3.63) is 52.6 Å². The Balaban J connectivity index is 1.24. The molecule has 1 aliphatic carbocycles. The molecule has 0 radical (unpaired) electrons. The number of Topliss-reactive ketones (excluding diaryl/α,β-unsaturated/α-hetero) is 3. The summed E-state index contributed by atoms with van der Waals surface area (Å²) < 4.78 is 10.7. The van der Waals surface area contributed by atoms with Crippen LogP contribution in [0.25, 0.3) is 0 Å². The molecule has 45 heavy (non-hydrogen) atoms. The van der Waals surface area contributed by atoms with Crippen LogP contribution in [0.5, 0.6) is 5.75 Å². The molecule has 1 aromatic heterocycles. The minimum atomic E-state index is -0.839. The number of carbonyl (C=O) groups is 4. The number of ether oxygens (including phenoxy) is 2. The highest BCUT2D eigenvalue weighted by Crippen LogP contribution is 2.36. The van der Waals surface area contributed by atoms with Gasteiger partial charge < -0.3 is 19.7 Å². The average molecular weight is 636 g/mol. The number of carbonyl (C=O) groups excluding carboxylic acids is 4. The molecule has 0 bridgehead atoms. The van der Waals surface area contributed by atoms with E-state index in [1.165, 1.54) is 16.9 Å². The van der Waals surface area contributed by atoms with Crippen molar-refractivity contribution >= 4 is 39.7 Å². The fraction of sp³-hybridized carbons (Fsp3) is 0.571. The summed E-state index contributed by atoms with van der Waals surface area (Å²) in [6.07, 6.45) is 10.4. The summed E-state index contributed by atoms with van der Waals surface area (Å²) in [6.45, 7) is 5.86. The van der Waals surface area contributed by atoms with Crippen molar-refractivity contribution in [1.29, 1.82) is 0 Å². The Labute approximate surface area is 269 Å². The molecule has 1 amide bonds. The molecule has 3 heterocycles. The molecule has 1 aromatic carbocycles. The Kier molecular flexibility index (Phi) is 10.9. The normalized spacial score (nSPS) is 21.1. The second kappa shape index (κ2) is 14.8. The highest BCUT2D eigenvalue weighted by molar-refractivity contribution is 7.15. The molecule has 4 unspecified atom stereocenters. The maximum atomic E-state index is 13.9. The molecule has 10 heteroatoms. The Hall–Kier alpha value is -3.37. The lowest BCUT2D eigenvalue weighted by Gasteiger charge is -2.24. The zero-order chi connectivity index (χ0) is 32.0. The predicted octanol–water partition coefficient (Wildman–Crippen LogP) is 5.05. The number of nitrogens with zero attached hydrogens (tertiary/aromatic N) is 2. The molecule has 0 spiro atoms. The van der Waals surface area contributed by atoms with E-state index in [9.17, 15) is 19.2 Å². The van der Waals surface area contributed by atoms with E-state index in [4.69, 9.17) is 9.47 Å². The number of anilines is 1. The van der Waals surface area contributed by atoms with Gasteiger partial charge in [-0.2, -0.15) is 0 Å². The number of epoxide rings is 1. The first-order valence-corrected chi connectivity index (χ1v) is 17.0. The lowest BCUT2D eigenvalue weighted by molar-refractivity contribution is -0.134. The van der Waals surface area contributed by atoms with Crippen molar-refractivity contribution in [2.45, 2.75) is 89.7 Å². The van der Waals surface area contributed by atoms with E-state index in [1.54, 1.807) is 27.2 Å². The maximum Gasteiger partial charge on any atom is 0.223 e. The first-order valence-electron chi connectivity index (χ1n) is 16.2. The lowest BCUT2D eigenvalue weighted by atomic mass is 9.83. The van der Waals surface area contributed by atoms with Crippen molar-refractivity contribution in [2.24, 2.45) is 11.8 Å². The van der Waals surface area contributed by atoms with Gasteiger partial charge in [-0.05, 0) is 69.6 Å². The molecule has 2 aliphatic heterocycles. The minimum Gasteiger partial charge on any atom is -0.497 e. The third kappa shape index (κ3) is 8.88. The van der Waals surface area contributed by atoms with Crippen molar-refractivity contribution in [2.75, 3.05) is 31.7 Å². The lowest BCUT2D eigenvalue weighted by Crippen LogP contribution is -2.46. The predicted molar refractivity (Wildman–Crippen MR) is 174 cm³/mol. The number of ketones is 3. The molecular weight excluding hydrogens is 590 g/mol. The number of amides is 1. The third-order valence-corrected chi connectivity index (χ3v) is 10.2. The van der Waals surface area contributed by atoms with Crippen LogP contribution < -0.4 is 15.0 Å². The number of aromatic nitrogens is 1. The molecule has 0 saturated carbocycles. The highest BCUT2D eigenvalue weighted by Gasteiger charge is 2.50.